The van der Waals surface area contributed by atoms with Gasteiger partial charge in [0, 0.05) is 0 Å². The van der Waals surface area contributed by atoms with Crippen molar-refractivity contribution in [2.24, 2.45) is 0 Å². The number of amides is 1. The maximum Gasteiger partial charge on any atom is 0.280 e. The van der Waals surface area contributed by atoms with Crippen LogP contribution in [0, 0.1) is 0 Å². The molecule has 1 aliphatic heterocycles. The van der Waals surface area contributed by atoms with Crippen LogP contribution in [0.15, 0.2) is 4.63 Å². The number of nitrogens with zero attached hydrogens (tertiary/aromatic N) is 3. The van der Waals surface area contributed by atoms with Crippen LogP contribution in [0.3, 0.4) is 0 Å². The molecule has 1 amide bonds. The molecule has 1 aliphatic rings. The van der Waals surface area contributed by atoms with Crippen molar-refractivity contribution in [3.63, 3.8) is 0 Å². The van der Waals surface area contributed by atoms with Crippen molar-refractivity contribution in [2.45, 2.75) is 12.5 Å². The topological polar surface area (TPSA) is 105 Å². The highest BCUT2D eigenvalue weighted by atomic mass is 16.6. The monoisotopic (exact) mass is 198 g/mol. The molecule has 3 N–H and O–H groups in total. The van der Waals surface area contributed by atoms with Crippen LogP contribution >= 0.6 is 0 Å². The maximum absolute atomic E-state index is 11.6. The molecule has 0 spiro atoms. The van der Waals surface area contributed by atoms with Gasteiger partial charge in [-0.1, -0.05) is 0 Å². The van der Waals surface area contributed by atoms with Gasteiger partial charge in [0.1, 0.15) is 0 Å². The molecule has 0 radical (unpaired) electrons. The van der Waals surface area contributed by atoms with Gasteiger partial charge in [-0.05, 0) is 17.2 Å². The Morgan fingerprint density at radius 2 is 2.29 bits per heavy atom. The number of aromatic nitrogens is 2. The number of nitrogens with two attached hydrogens (primary N) is 1. The average Bonchev–Trinajstić information content (AvgIpc) is 2.45. The number of anilines is 1. The molecule has 1 aromatic heterocycles. The summed E-state index contributed by atoms with van der Waals surface area (Å²) in [5.41, 5.74) is 4.54. The van der Waals surface area contributed by atoms with Gasteiger partial charge in [-0.15, -0.1) is 0 Å². The van der Waals surface area contributed by atoms with Crippen molar-refractivity contribution in [2.75, 3.05) is 18.8 Å². The summed E-state index contributed by atoms with van der Waals surface area (Å²) < 4.78 is 4.30. The minimum Gasteiger partial charge on any atom is -0.386 e. The normalized spacial score (nSPS) is 19.1. The van der Waals surface area contributed by atoms with Crippen molar-refractivity contribution in [1.29, 1.82) is 0 Å². The van der Waals surface area contributed by atoms with E-state index < -0.39 is 5.60 Å². The van der Waals surface area contributed by atoms with Crippen molar-refractivity contribution < 1.29 is 14.5 Å². The maximum atomic E-state index is 11.6. The summed E-state index contributed by atoms with van der Waals surface area (Å²) in [4.78, 5) is 13.0. The van der Waals surface area contributed by atoms with Crippen LogP contribution in [0.1, 0.15) is 17.4 Å². The van der Waals surface area contributed by atoms with Crippen molar-refractivity contribution in [1.82, 2.24) is 15.2 Å². The number of aliphatic hydroxyl groups is 1. The molecule has 0 aliphatic carbocycles. The quantitative estimate of drug-likeness (QED) is 0.590. The summed E-state index contributed by atoms with van der Waals surface area (Å²) in [7, 11) is 0. The molecular weight excluding hydrogens is 188 g/mol. The highest BCUT2D eigenvalue weighted by Gasteiger charge is 2.41. The molecule has 0 aromatic carbocycles. The van der Waals surface area contributed by atoms with E-state index in [9.17, 15) is 9.90 Å². The second kappa shape index (κ2) is 2.68. The number of nitrogen functional groups attached to an aromatic ring is 1. The lowest BCUT2D eigenvalue weighted by Gasteiger charge is -2.43. The SMILES string of the molecule is CC1(O)CN(C(=O)c2nonc2N)C1. The first-order valence-corrected chi connectivity index (χ1v) is 4.09. The van der Waals surface area contributed by atoms with E-state index >= 15 is 0 Å². The fourth-order valence-electron chi connectivity index (χ4n) is 1.41. The molecule has 0 saturated carbocycles. The highest BCUT2D eigenvalue weighted by molar-refractivity contribution is 5.96. The van der Waals surface area contributed by atoms with E-state index in [4.69, 9.17) is 5.73 Å². The number of likely N-dealkylation sites (tertiary alicyclic amines) is 1. The first-order valence-electron chi connectivity index (χ1n) is 4.09. The van der Waals surface area contributed by atoms with Crippen LogP contribution in [-0.2, 0) is 0 Å². The first kappa shape index (κ1) is 8.95. The lowest BCUT2D eigenvalue weighted by atomic mass is 9.96. The van der Waals surface area contributed by atoms with Gasteiger partial charge in [-0.25, -0.2) is 4.63 Å². The fourth-order valence-corrected chi connectivity index (χ4v) is 1.41. The summed E-state index contributed by atoms with van der Waals surface area (Å²) in [6.45, 7) is 2.21. The summed E-state index contributed by atoms with van der Waals surface area (Å²) in [6.07, 6.45) is 0. The van der Waals surface area contributed by atoms with Gasteiger partial charge in [-0.3, -0.25) is 4.79 Å². The summed E-state index contributed by atoms with van der Waals surface area (Å²) >= 11 is 0. The average molecular weight is 198 g/mol. The lowest BCUT2D eigenvalue weighted by molar-refractivity contribution is -0.0671. The molecule has 1 saturated heterocycles. The number of rotatable bonds is 1. The zero-order valence-electron chi connectivity index (χ0n) is 7.60. The Morgan fingerprint density at radius 3 is 2.71 bits per heavy atom. The third-order valence-electron chi connectivity index (χ3n) is 2.07. The van der Waals surface area contributed by atoms with Gasteiger partial charge in [0.2, 0.25) is 11.5 Å². The van der Waals surface area contributed by atoms with E-state index in [0.717, 1.165) is 0 Å². The third kappa shape index (κ3) is 1.31. The second-order valence-corrected chi connectivity index (χ2v) is 3.66. The molecule has 76 valence electrons. The minimum atomic E-state index is -0.804. The second-order valence-electron chi connectivity index (χ2n) is 3.66. The first-order chi connectivity index (χ1) is 6.49. The van der Waals surface area contributed by atoms with Gasteiger partial charge in [-0.2, -0.15) is 0 Å². The van der Waals surface area contributed by atoms with Crippen LogP contribution in [-0.4, -0.2) is 44.9 Å². The molecule has 14 heavy (non-hydrogen) atoms. The van der Waals surface area contributed by atoms with Crippen LogP contribution < -0.4 is 5.73 Å². The Labute approximate surface area is 79.4 Å². The van der Waals surface area contributed by atoms with Crippen LogP contribution in [0.2, 0.25) is 0 Å². The lowest BCUT2D eigenvalue weighted by Crippen LogP contribution is -2.61. The van der Waals surface area contributed by atoms with Crippen LogP contribution in [0.25, 0.3) is 0 Å². The van der Waals surface area contributed by atoms with Gasteiger partial charge in [0.25, 0.3) is 5.91 Å². The van der Waals surface area contributed by atoms with Crippen LogP contribution in [0.5, 0.6) is 0 Å². The van der Waals surface area contributed by atoms with Crippen molar-refractivity contribution >= 4 is 11.7 Å². The van der Waals surface area contributed by atoms with Gasteiger partial charge >= 0.3 is 0 Å². The van der Waals surface area contributed by atoms with Gasteiger partial charge < -0.3 is 15.7 Å². The van der Waals surface area contributed by atoms with E-state index in [1.165, 1.54) is 4.90 Å². The smallest absolute Gasteiger partial charge is 0.280 e. The Bertz CT molecular complexity index is 365. The number of β-amino-alcohol motifs (C(OH)–C–C–N with tert-alkyl or cyclic N) is 1. The minimum absolute atomic E-state index is 0.000463. The van der Waals surface area contributed by atoms with E-state index in [1.807, 2.05) is 0 Å². The van der Waals surface area contributed by atoms with Gasteiger partial charge in [0.15, 0.2) is 0 Å². The Hall–Kier alpha value is -1.63. The number of carbonyl (C=O) groups excluding carboxylic acids is 1. The van der Waals surface area contributed by atoms with Crippen molar-refractivity contribution in [3.05, 3.63) is 5.69 Å². The highest BCUT2D eigenvalue weighted by Crippen LogP contribution is 2.22. The molecule has 0 atom stereocenters. The summed E-state index contributed by atoms with van der Waals surface area (Å²) in [6, 6.07) is 0. The van der Waals surface area contributed by atoms with Crippen molar-refractivity contribution in [3.8, 4) is 0 Å². The molecule has 0 bridgehead atoms. The Kier molecular flexibility index (Phi) is 1.71. The van der Waals surface area contributed by atoms with Gasteiger partial charge in [0.05, 0.1) is 18.7 Å². The Balaban J connectivity index is 2.08. The van der Waals surface area contributed by atoms with E-state index in [0.29, 0.717) is 0 Å². The van der Waals surface area contributed by atoms with E-state index in [2.05, 4.69) is 14.9 Å². The molecular formula is C7H10N4O3. The zero-order chi connectivity index (χ0) is 10.3. The molecule has 0 unspecified atom stereocenters. The van der Waals surface area contributed by atoms with E-state index in [1.54, 1.807) is 6.92 Å². The summed E-state index contributed by atoms with van der Waals surface area (Å²) in [5, 5.41) is 16.1. The predicted octanol–water partition coefficient (Wildman–Crippen LogP) is -1.14. The molecule has 2 heterocycles. The molecule has 1 aromatic rings. The molecule has 1 fully saturated rings. The summed E-state index contributed by atoms with van der Waals surface area (Å²) in [5.74, 6) is -0.392. The largest absolute Gasteiger partial charge is 0.386 e. The third-order valence-corrected chi connectivity index (χ3v) is 2.07. The van der Waals surface area contributed by atoms with Crippen LogP contribution in [0.4, 0.5) is 5.82 Å². The predicted molar refractivity (Wildman–Crippen MR) is 45.2 cm³/mol. The van der Waals surface area contributed by atoms with E-state index in [-0.39, 0.29) is 30.5 Å². The fraction of sp³-hybridized carbons (Fsp3) is 0.571. The number of hydrogen-bond acceptors (Lipinski definition) is 6. The Morgan fingerprint density at radius 1 is 1.64 bits per heavy atom. The molecule has 7 nitrogen and oxygen atoms in total. The zero-order valence-corrected chi connectivity index (χ0v) is 7.60. The number of carbonyl (C=O) groups is 1. The number of hydrogen-bond donors (Lipinski definition) is 2. The molecule has 2 rings (SSSR count). The standard InChI is InChI=1S/C7H10N4O3/c1-7(13)2-11(3-7)6(12)4-5(8)10-14-9-4/h13H,2-3H2,1H3,(H2,8,10). The molecule has 7 heteroatoms.